The van der Waals surface area contributed by atoms with Crippen molar-refractivity contribution in [2.45, 2.75) is 113 Å². The number of allylic oxidation sites excluding steroid dienone is 8. The molecule has 0 unspecified atom stereocenters. The van der Waals surface area contributed by atoms with Crippen LogP contribution in [-0.4, -0.2) is 93.4 Å². The number of hydrogen-bond acceptors (Lipinski definition) is 11. The molecule has 1 aliphatic carbocycles. The summed E-state index contributed by atoms with van der Waals surface area (Å²) in [5.74, 6) is -2.92. The van der Waals surface area contributed by atoms with Gasteiger partial charge >= 0.3 is 29.6 Å². The van der Waals surface area contributed by atoms with Crippen LogP contribution in [0.25, 0.3) is 5.57 Å². The quantitative estimate of drug-likeness (QED) is 0.0516. The smallest absolute Gasteiger partial charge is 1.00 e. The Morgan fingerprint density at radius 1 is 0.786 bits per heavy atom. The summed E-state index contributed by atoms with van der Waals surface area (Å²) in [6, 6.07) is 10.5. The number of nitrogens with zero attached hydrogens (tertiary/aromatic N) is 2. The Balaban J connectivity index is 0.00000548. The van der Waals surface area contributed by atoms with E-state index in [4.69, 9.17) is 4.74 Å². The molecule has 3 aliphatic rings. The van der Waals surface area contributed by atoms with Crippen LogP contribution in [0.4, 0.5) is 20.2 Å². The van der Waals surface area contributed by atoms with Crippen LogP contribution in [0, 0.1) is 11.6 Å². The monoisotopic (exact) mass is 1060 g/mol. The molecule has 22 heteroatoms. The van der Waals surface area contributed by atoms with Gasteiger partial charge in [0.1, 0.15) is 22.5 Å². The summed E-state index contributed by atoms with van der Waals surface area (Å²) < 4.78 is 177. The first kappa shape index (κ1) is 57.3. The molecule has 0 saturated carbocycles. The van der Waals surface area contributed by atoms with Crippen molar-refractivity contribution in [2.24, 2.45) is 0 Å². The van der Waals surface area contributed by atoms with Crippen molar-refractivity contribution >= 4 is 63.1 Å². The third-order valence-corrected chi connectivity index (χ3v) is 16.2. The van der Waals surface area contributed by atoms with Crippen LogP contribution in [-0.2, 0) is 51.3 Å². The average Bonchev–Trinajstić information content (AvgIpc) is 3.59. The number of ether oxygens (including phenoxy) is 1. The van der Waals surface area contributed by atoms with Gasteiger partial charge in [-0.2, -0.15) is 29.8 Å². The largest absolute Gasteiger partial charge is 1.00 e. The Morgan fingerprint density at radius 2 is 1.43 bits per heavy atom. The Kier molecular flexibility index (Phi) is 18.2. The molecule has 0 atom stereocenters. The van der Waals surface area contributed by atoms with Gasteiger partial charge in [-0.15, -0.1) is 0 Å². The van der Waals surface area contributed by atoms with Crippen molar-refractivity contribution in [3.63, 3.8) is 0 Å². The topological polar surface area (TPSA) is 236 Å². The van der Waals surface area contributed by atoms with Crippen LogP contribution < -0.4 is 39.2 Å². The van der Waals surface area contributed by atoms with Gasteiger partial charge in [-0.05, 0) is 130 Å². The number of unbranched alkanes of at least 4 members (excludes halogenated alkanes) is 3. The second kappa shape index (κ2) is 22.2. The number of fused-ring (bicyclic) bond motifs is 2. The minimum atomic E-state index is -4.86. The second-order valence-corrected chi connectivity index (χ2v) is 24.4. The number of anilines is 1. The summed E-state index contributed by atoms with van der Waals surface area (Å²) in [4.78, 5) is 1.11. The molecule has 2 heterocycles. The third kappa shape index (κ3) is 13.1. The molecule has 15 nitrogen and oxygen atoms in total. The molecule has 6 rings (SSSR count). The third-order valence-electron chi connectivity index (χ3n) is 12.9. The molecule has 0 spiro atoms. The number of rotatable bonds is 20. The van der Waals surface area contributed by atoms with Gasteiger partial charge in [-0.3, -0.25) is 13.7 Å². The van der Waals surface area contributed by atoms with E-state index in [0.717, 1.165) is 12.5 Å². The summed E-state index contributed by atoms with van der Waals surface area (Å²) >= 11 is 0. The molecular weight excluding hydrogens is 1000 g/mol. The molecule has 70 heavy (non-hydrogen) atoms. The number of halogens is 2. The number of benzene rings is 3. The van der Waals surface area contributed by atoms with Crippen molar-refractivity contribution in [3.05, 3.63) is 118 Å². The second-order valence-electron chi connectivity index (χ2n) is 18.5. The number of hydrogen-bond donors (Lipinski definition) is 3. The first-order chi connectivity index (χ1) is 32.1. The molecule has 0 amide bonds. The van der Waals surface area contributed by atoms with Gasteiger partial charge in [0, 0.05) is 47.5 Å². The van der Waals surface area contributed by atoms with Gasteiger partial charge in [0.25, 0.3) is 30.4 Å². The van der Waals surface area contributed by atoms with Crippen LogP contribution in [0.1, 0.15) is 111 Å². The van der Waals surface area contributed by atoms with E-state index in [2.05, 4.69) is 0 Å². The average molecular weight is 1060 g/mol. The molecule has 3 aromatic rings. The first-order valence-corrected chi connectivity index (χ1v) is 28.6. The molecule has 0 saturated heterocycles. The zero-order valence-corrected chi connectivity index (χ0v) is 45.3. The Hall–Kier alpha value is -3.61. The zero-order valence-electron chi connectivity index (χ0n) is 41.0. The van der Waals surface area contributed by atoms with Crippen molar-refractivity contribution in [1.82, 2.24) is 0 Å². The van der Waals surface area contributed by atoms with E-state index in [0.29, 0.717) is 70.7 Å². The minimum absolute atomic E-state index is 0. The maximum absolute atomic E-state index is 16.9. The van der Waals surface area contributed by atoms with Gasteiger partial charge in [0.05, 0.1) is 38.9 Å². The fourth-order valence-electron chi connectivity index (χ4n) is 9.36. The summed E-state index contributed by atoms with van der Waals surface area (Å²) in [5, 5.41) is 0. The van der Waals surface area contributed by atoms with E-state index in [1.54, 1.807) is 30.4 Å². The summed E-state index contributed by atoms with van der Waals surface area (Å²) in [5.41, 5.74) is 2.46. The van der Waals surface area contributed by atoms with Crippen LogP contribution in [0.15, 0.2) is 99.5 Å². The van der Waals surface area contributed by atoms with E-state index in [1.165, 1.54) is 36.4 Å². The van der Waals surface area contributed by atoms with E-state index in [9.17, 15) is 51.9 Å². The van der Waals surface area contributed by atoms with Crippen molar-refractivity contribution < 1.29 is 101 Å². The normalized spacial score (nSPS) is 18.2. The Morgan fingerprint density at radius 3 is 2.06 bits per heavy atom. The van der Waals surface area contributed by atoms with Gasteiger partial charge in [-0.25, -0.2) is 17.2 Å². The van der Waals surface area contributed by atoms with Gasteiger partial charge in [-0.1, -0.05) is 39.3 Å². The maximum atomic E-state index is 16.9. The summed E-state index contributed by atoms with van der Waals surface area (Å²) in [6.07, 6.45) is 10.4. The molecule has 3 aromatic carbocycles. The van der Waals surface area contributed by atoms with E-state index in [1.807, 2.05) is 44.1 Å². The van der Waals surface area contributed by atoms with Crippen molar-refractivity contribution in [2.75, 3.05) is 36.1 Å². The van der Waals surface area contributed by atoms with E-state index < -0.39 is 79.3 Å². The predicted molar refractivity (Wildman–Crippen MR) is 259 cm³/mol. The van der Waals surface area contributed by atoms with Gasteiger partial charge in [0.2, 0.25) is 5.69 Å². The fourth-order valence-corrected chi connectivity index (χ4v) is 11.5. The van der Waals surface area contributed by atoms with Crippen LogP contribution in [0.2, 0.25) is 0 Å². The standard InChI is InChI=1S/C48H58F2N2O13S4.Na.H/c1-6-7-27-65-41-22-19-38(49)45(46(41)50)44-32(15-23-42-47(2,3)36-30-34(68(59,60)61)17-20-39(36)51(42)25-8-10-28-66(53,54)55)13-12-14-33(44)16-24-43-48(4,5)37-31-35(69(62,63)64)18-21-40(37)52(43)26-9-11-29-67(56,57)58;;/h15-24,30-31H,6-14,25-29H2,1-5H3,(H3-,53,54,55,56,57,58,59,60,61,62,63,64);;/q;+1;-1. The SMILES string of the molecule is CCCCOc1ccc(F)c(C2=C(C=CC3=[N+](CCCCS(=O)(=O)O)c4ccc(S(=O)(=O)[O-])cc4C3(C)C)CCCC2=CC=C2N(CCCCS(=O)(=O)O)c3ccc(S(=O)(=O)O)cc3C2(C)C)c1F.[H-].[Na+]. The molecule has 378 valence electrons. The van der Waals surface area contributed by atoms with Crippen LogP contribution in [0.3, 0.4) is 0 Å². The Labute approximate surface area is 433 Å². The van der Waals surface area contributed by atoms with Crippen molar-refractivity contribution in [3.8, 4) is 5.75 Å². The van der Waals surface area contributed by atoms with E-state index in [-0.39, 0.29) is 98.1 Å². The van der Waals surface area contributed by atoms with Gasteiger partial charge in [0.15, 0.2) is 17.3 Å². The van der Waals surface area contributed by atoms with Crippen molar-refractivity contribution in [1.29, 1.82) is 0 Å². The summed E-state index contributed by atoms with van der Waals surface area (Å²) in [7, 11) is -18.0. The molecule has 0 fully saturated rings. The maximum Gasteiger partial charge on any atom is 1.00 e. The van der Waals surface area contributed by atoms with Crippen LogP contribution >= 0.6 is 0 Å². The molecule has 2 aliphatic heterocycles. The molecule has 0 radical (unpaired) electrons. The zero-order chi connectivity index (χ0) is 50.9. The van der Waals surface area contributed by atoms with Gasteiger partial charge < -0.3 is 15.6 Å². The van der Waals surface area contributed by atoms with E-state index >= 15 is 8.78 Å². The molecule has 0 aromatic heterocycles. The molecule has 3 N–H and O–H groups in total. The first-order valence-electron chi connectivity index (χ1n) is 22.6. The molecular formula is C48H59F2N2NaO13S4. The minimum Gasteiger partial charge on any atom is -1.00 e. The Bertz CT molecular complexity index is 3150. The van der Waals surface area contributed by atoms with Crippen LogP contribution in [0.5, 0.6) is 5.75 Å². The predicted octanol–water partition coefficient (Wildman–Crippen LogP) is 5.93. The molecule has 0 bridgehead atoms. The summed E-state index contributed by atoms with van der Waals surface area (Å²) in [6.45, 7) is 9.90. The fraction of sp³-hybridized carbons (Fsp3) is 0.438.